The van der Waals surface area contributed by atoms with Gasteiger partial charge in [0.15, 0.2) is 16.6 Å². The van der Waals surface area contributed by atoms with Crippen LogP contribution in [-0.4, -0.2) is 55.3 Å². The second kappa shape index (κ2) is 16.7. The number of hydrogen-bond donors (Lipinski definition) is 0. The summed E-state index contributed by atoms with van der Waals surface area (Å²) in [4.78, 5) is 12.3. The predicted molar refractivity (Wildman–Crippen MR) is 219 cm³/mol. The number of rotatable bonds is 16. The van der Waals surface area contributed by atoms with Crippen molar-refractivity contribution >= 4 is 41.3 Å². The zero-order chi connectivity index (χ0) is 37.6. The number of cyclic esters (lactones) is 1. The van der Waals surface area contributed by atoms with Crippen LogP contribution >= 0.6 is 0 Å². The van der Waals surface area contributed by atoms with Crippen molar-refractivity contribution in [2.45, 2.75) is 160 Å². The molecule has 0 N–H and O–H groups in total. The minimum Gasteiger partial charge on any atom is -0.459 e. The van der Waals surface area contributed by atoms with E-state index in [9.17, 15) is 4.79 Å². The fraction of sp³-hybridized carbons (Fsp3) is 0.595. The molecule has 1 aliphatic rings. The Morgan fingerprint density at radius 1 is 0.720 bits per heavy atom. The number of carbonyl (C=O) groups excluding carboxylic acids is 1. The third-order valence-electron chi connectivity index (χ3n) is 11.2. The van der Waals surface area contributed by atoms with Gasteiger partial charge >= 0.3 is 5.97 Å². The van der Waals surface area contributed by atoms with Crippen molar-refractivity contribution in [3.05, 3.63) is 85.5 Å². The molecule has 0 aliphatic carbocycles. The third kappa shape index (κ3) is 10.7. The summed E-state index contributed by atoms with van der Waals surface area (Å²) < 4.78 is 28.2. The molecule has 0 saturated carbocycles. The molecule has 1 aliphatic heterocycles. The van der Waals surface area contributed by atoms with Crippen molar-refractivity contribution < 1.29 is 22.8 Å². The fourth-order valence-electron chi connectivity index (χ4n) is 6.48. The lowest BCUT2D eigenvalue weighted by Crippen LogP contribution is -2.67. The van der Waals surface area contributed by atoms with Crippen LogP contribution in [0.25, 0.3) is 0 Å². The van der Waals surface area contributed by atoms with E-state index in [1.165, 1.54) is 16.4 Å². The minimum atomic E-state index is -2.84. The molecule has 4 atom stereocenters. The predicted octanol–water partition coefficient (Wildman–Crippen LogP) is 10.3. The molecule has 0 aromatic heterocycles. The number of ether oxygens (including phenoxy) is 1. The first-order chi connectivity index (χ1) is 23.0. The van der Waals surface area contributed by atoms with Crippen LogP contribution in [0.3, 0.4) is 0 Å². The lowest BCUT2D eigenvalue weighted by molar-refractivity contribution is -0.145. The molecule has 0 radical (unpaired) electrons. The molecule has 0 saturated heterocycles. The highest BCUT2D eigenvalue weighted by Gasteiger charge is 2.52. The molecule has 50 heavy (non-hydrogen) atoms. The zero-order valence-corrected chi connectivity index (χ0v) is 36.6. The topological polar surface area (TPSA) is 54.0 Å². The van der Waals surface area contributed by atoms with E-state index < -0.39 is 25.0 Å². The van der Waals surface area contributed by atoms with Gasteiger partial charge in [-0.3, -0.25) is 0 Å². The minimum absolute atomic E-state index is 0.0253. The molecular formula is C42H68O5Si3. The average molecular weight is 737 g/mol. The van der Waals surface area contributed by atoms with Crippen LogP contribution in [0.2, 0.25) is 41.3 Å². The molecular weight excluding hydrogens is 669 g/mol. The van der Waals surface area contributed by atoms with Crippen LogP contribution in [0.5, 0.6) is 0 Å². The van der Waals surface area contributed by atoms with Gasteiger partial charge < -0.3 is 18.0 Å². The maximum atomic E-state index is 12.3. The molecule has 1 heterocycles. The highest BCUT2D eigenvalue weighted by atomic mass is 28.4. The van der Waals surface area contributed by atoms with Gasteiger partial charge in [0.05, 0.1) is 12.2 Å². The number of esters is 1. The van der Waals surface area contributed by atoms with E-state index in [0.29, 0.717) is 32.1 Å². The second-order valence-corrected chi connectivity index (χ2v) is 32.1. The molecule has 5 nitrogen and oxygen atoms in total. The highest BCUT2D eigenvalue weighted by molar-refractivity contribution is 6.99. The van der Waals surface area contributed by atoms with Crippen molar-refractivity contribution in [3.8, 4) is 0 Å². The van der Waals surface area contributed by atoms with E-state index in [4.69, 9.17) is 18.0 Å². The Hall–Kier alpha value is -2.08. The van der Waals surface area contributed by atoms with Crippen molar-refractivity contribution in [1.82, 2.24) is 0 Å². The Balaban J connectivity index is 2.12. The number of hydrogen-bond acceptors (Lipinski definition) is 5. The Morgan fingerprint density at radius 2 is 1.18 bits per heavy atom. The first-order valence-corrected chi connectivity index (χ1v) is 26.4. The first kappa shape index (κ1) is 42.3. The van der Waals surface area contributed by atoms with E-state index in [1.807, 2.05) is 12.2 Å². The van der Waals surface area contributed by atoms with E-state index >= 15 is 0 Å². The summed E-state index contributed by atoms with van der Waals surface area (Å²) in [6.45, 7) is 34.2. The van der Waals surface area contributed by atoms with Crippen LogP contribution in [0.4, 0.5) is 0 Å². The number of benzene rings is 2. The second-order valence-electron chi connectivity index (χ2n) is 18.3. The van der Waals surface area contributed by atoms with Crippen LogP contribution in [-0.2, 0) is 22.8 Å². The quantitative estimate of drug-likeness (QED) is 0.0976. The first-order valence-electron chi connectivity index (χ1n) is 18.6. The Bertz CT molecular complexity index is 1360. The van der Waals surface area contributed by atoms with Gasteiger partial charge in [-0.1, -0.05) is 135 Å². The smallest absolute Gasteiger partial charge is 0.330 e. The molecule has 3 rings (SSSR count). The van der Waals surface area contributed by atoms with E-state index in [0.717, 1.165) is 0 Å². The van der Waals surface area contributed by atoms with Gasteiger partial charge in [-0.15, -0.1) is 6.58 Å². The van der Waals surface area contributed by atoms with Crippen molar-refractivity contribution in [3.63, 3.8) is 0 Å². The van der Waals surface area contributed by atoms with Crippen LogP contribution < -0.4 is 10.4 Å². The summed E-state index contributed by atoms with van der Waals surface area (Å²) in [5.41, 5.74) is 0. The molecule has 2 aromatic rings. The Labute approximate surface area is 308 Å². The summed E-state index contributed by atoms with van der Waals surface area (Å²) >= 11 is 0. The summed E-state index contributed by atoms with van der Waals surface area (Å²) in [7, 11) is -7.24. The molecule has 0 fully saturated rings. The van der Waals surface area contributed by atoms with Gasteiger partial charge in [0.1, 0.15) is 6.10 Å². The molecule has 2 aromatic carbocycles. The van der Waals surface area contributed by atoms with E-state index in [-0.39, 0.29) is 45.5 Å². The molecule has 0 bridgehead atoms. The Kier molecular flexibility index (Phi) is 14.2. The molecule has 0 spiro atoms. The van der Waals surface area contributed by atoms with Crippen LogP contribution in [0.1, 0.15) is 94.4 Å². The van der Waals surface area contributed by atoms with Gasteiger partial charge in [0.25, 0.3) is 8.32 Å². The summed E-state index contributed by atoms with van der Waals surface area (Å²) in [6.07, 6.45) is 8.34. The van der Waals surface area contributed by atoms with Gasteiger partial charge in [0, 0.05) is 25.0 Å². The monoisotopic (exact) mass is 736 g/mol. The standard InChI is InChI=1S/C42H68O5Si3/c1-15-23-34(47-50(42(8,9)10,37-25-18-16-19-26-37)38-27-20-17-21-28-38)31-36(46-49(13,14)41(5,6)7)32-35(45-48(11,12)40(2,3)4)30-33-24-22-29-39(43)44-33/h15-22,25-29,33-36H,1,23-24,30-32H2,2-14H3. The maximum absolute atomic E-state index is 12.3. The average Bonchev–Trinajstić information content (AvgIpc) is 2.98. The van der Waals surface area contributed by atoms with Crippen molar-refractivity contribution in [2.24, 2.45) is 0 Å². The number of carbonyl (C=O) groups is 1. The lowest BCUT2D eigenvalue weighted by atomic mass is 9.99. The van der Waals surface area contributed by atoms with Gasteiger partial charge in [-0.05, 0) is 70.9 Å². The highest BCUT2D eigenvalue weighted by Crippen LogP contribution is 2.43. The van der Waals surface area contributed by atoms with Gasteiger partial charge in [0.2, 0.25) is 0 Å². The SMILES string of the molecule is C=CCC(CC(CC(CC1CC=CC(=O)O1)O[Si](C)(C)C(C)(C)C)O[Si](C)(C)C(C)(C)C)O[Si](c1ccccc1)(c1ccccc1)C(C)(C)C. The summed E-state index contributed by atoms with van der Waals surface area (Å²) in [6, 6.07) is 21.7. The van der Waals surface area contributed by atoms with E-state index in [2.05, 4.69) is 156 Å². The summed E-state index contributed by atoms with van der Waals surface area (Å²) in [5, 5.41) is 2.43. The van der Waals surface area contributed by atoms with Crippen molar-refractivity contribution in [2.75, 3.05) is 0 Å². The summed E-state index contributed by atoms with van der Waals surface area (Å²) in [5.74, 6) is -0.272. The lowest BCUT2D eigenvalue weighted by Gasteiger charge is -2.47. The normalized spacial score (nSPS) is 18.3. The molecule has 8 heteroatoms. The largest absolute Gasteiger partial charge is 0.459 e. The van der Waals surface area contributed by atoms with Gasteiger partial charge in [-0.2, -0.15) is 0 Å². The Morgan fingerprint density at radius 3 is 1.60 bits per heavy atom. The third-order valence-corrected chi connectivity index (χ3v) is 25.4. The van der Waals surface area contributed by atoms with Crippen molar-refractivity contribution in [1.29, 1.82) is 0 Å². The fourth-order valence-corrected chi connectivity index (χ4v) is 13.9. The molecule has 0 amide bonds. The van der Waals surface area contributed by atoms with Gasteiger partial charge in [-0.25, -0.2) is 4.79 Å². The maximum Gasteiger partial charge on any atom is 0.330 e. The van der Waals surface area contributed by atoms with E-state index in [1.54, 1.807) is 0 Å². The van der Waals surface area contributed by atoms with Crippen LogP contribution in [0.15, 0.2) is 85.5 Å². The van der Waals surface area contributed by atoms with Crippen LogP contribution in [0, 0.1) is 0 Å². The molecule has 278 valence electrons. The zero-order valence-electron chi connectivity index (χ0n) is 33.6. The molecule has 4 unspecified atom stereocenters.